The fourth-order valence-corrected chi connectivity index (χ4v) is 2.65. The first-order valence-electron chi connectivity index (χ1n) is 8.88. The summed E-state index contributed by atoms with van der Waals surface area (Å²) in [5.74, 6) is 0.660. The summed E-state index contributed by atoms with van der Waals surface area (Å²) in [4.78, 5) is 24.3. The van der Waals surface area contributed by atoms with E-state index in [0.717, 1.165) is 16.8 Å². The van der Waals surface area contributed by atoms with Crippen molar-refractivity contribution in [2.24, 2.45) is 0 Å². The van der Waals surface area contributed by atoms with Crippen LogP contribution in [0.5, 0.6) is 5.75 Å². The smallest absolute Gasteiger partial charge is 0.274 e. The third-order valence-electron chi connectivity index (χ3n) is 4.06. The maximum atomic E-state index is 11.5. The number of anilines is 1. The highest BCUT2D eigenvalue weighted by molar-refractivity contribution is 5.93. The molecular weight excluding hydrogens is 358 g/mol. The zero-order chi connectivity index (χ0) is 19.8. The molecule has 8 heteroatoms. The molecule has 144 valence electrons. The Kier molecular flexibility index (Phi) is 6.48. The first-order chi connectivity index (χ1) is 13.7. The topological polar surface area (TPSA) is 109 Å². The fraction of sp³-hybridized carbons (Fsp3) is 0.200. The van der Waals surface area contributed by atoms with E-state index in [4.69, 9.17) is 9.94 Å². The monoisotopic (exact) mass is 379 g/mol. The maximum Gasteiger partial charge on any atom is 0.274 e. The molecule has 3 N–H and O–H groups in total. The van der Waals surface area contributed by atoms with Gasteiger partial charge in [0, 0.05) is 29.7 Å². The molecule has 3 aromatic rings. The summed E-state index contributed by atoms with van der Waals surface area (Å²) in [6, 6.07) is 10.7. The van der Waals surface area contributed by atoms with Gasteiger partial charge in [0.15, 0.2) is 0 Å². The summed E-state index contributed by atoms with van der Waals surface area (Å²) in [6.07, 6.45) is 5.86. The number of benzene rings is 1. The Morgan fingerprint density at radius 1 is 1.21 bits per heavy atom. The van der Waals surface area contributed by atoms with Crippen LogP contribution in [-0.2, 0) is 6.42 Å². The van der Waals surface area contributed by atoms with Gasteiger partial charge in [-0.3, -0.25) is 15.0 Å². The van der Waals surface area contributed by atoms with Gasteiger partial charge in [-0.05, 0) is 48.4 Å². The Labute approximate surface area is 162 Å². The minimum absolute atomic E-state index is 0.380. The molecule has 0 fully saturated rings. The van der Waals surface area contributed by atoms with Gasteiger partial charge >= 0.3 is 0 Å². The number of ether oxygens (including phenoxy) is 1. The van der Waals surface area contributed by atoms with Gasteiger partial charge in [-0.25, -0.2) is 15.4 Å². The van der Waals surface area contributed by atoms with Gasteiger partial charge < -0.3 is 10.1 Å². The van der Waals surface area contributed by atoms with Gasteiger partial charge in [-0.1, -0.05) is 6.92 Å². The zero-order valence-corrected chi connectivity index (χ0v) is 15.4. The van der Waals surface area contributed by atoms with E-state index in [0.29, 0.717) is 36.8 Å². The number of pyridine rings is 1. The lowest BCUT2D eigenvalue weighted by molar-refractivity contribution is 0.0706. The third kappa shape index (κ3) is 4.80. The predicted molar refractivity (Wildman–Crippen MR) is 104 cm³/mol. The van der Waals surface area contributed by atoms with Gasteiger partial charge in [0.25, 0.3) is 5.91 Å². The molecule has 0 unspecified atom stereocenters. The number of nitrogens with one attached hydrogen (secondary N) is 2. The number of hydrogen-bond donors (Lipinski definition) is 3. The molecule has 2 aromatic heterocycles. The second-order valence-electron chi connectivity index (χ2n) is 5.90. The number of carbonyl (C=O) groups is 1. The first-order valence-corrected chi connectivity index (χ1v) is 8.88. The molecule has 0 saturated heterocycles. The Bertz CT molecular complexity index is 934. The summed E-state index contributed by atoms with van der Waals surface area (Å²) in [7, 11) is 0. The molecule has 1 amide bonds. The molecule has 0 aliphatic heterocycles. The lowest BCUT2D eigenvalue weighted by atomic mass is 10.1. The van der Waals surface area contributed by atoms with Crippen molar-refractivity contribution in [1.82, 2.24) is 20.4 Å². The molecule has 0 bridgehead atoms. The number of amides is 1. The third-order valence-corrected chi connectivity index (χ3v) is 4.06. The highest BCUT2D eigenvalue weighted by Crippen LogP contribution is 2.21. The number of aryl methyl sites for hydroxylation is 1. The van der Waals surface area contributed by atoms with Crippen LogP contribution >= 0.6 is 0 Å². The molecule has 3 rings (SSSR count). The summed E-state index contributed by atoms with van der Waals surface area (Å²) in [6.45, 7) is 2.89. The predicted octanol–water partition coefficient (Wildman–Crippen LogP) is 2.71. The van der Waals surface area contributed by atoms with Crippen molar-refractivity contribution < 1.29 is 14.7 Å². The summed E-state index contributed by atoms with van der Waals surface area (Å²) >= 11 is 0. The number of aromatic nitrogens is 3. The Balaban J connectivity index is 1.57. The van der Waals surface area contributed by atoms with Crippen LogP contribution in [0.1, 0.15) is 22.8 Å². The van der Waals surface area contributed by atoms with E-state index in [9.17, 15) is 4.79 Å². The fourth-order valence-electron chi connectivity index (χ4n) is 2.65. The second kappa shape index (κ2) is 9.43. The minimum Gasteiger partial charge on any atom is -0.491 e. The average Bonchev–Trinajstić information content (AvgIpc) is 2.77. The summed E-state index contributed by atoms with van der Waals surface area (Å²) in [5, 5.41) is 11.9. The highest BCUT2D eigenvalue weighted by atomic mass is 16.5. The van der Waals surface area contributed by atoms with E-state index in [-0.39, 0.29) is 0 Å². The zero-order valence-electron chi connectivity index (χ0n) is 15.4. The molecule has 2 heterocycles. The highest BCUT2D eigenvalue weighted by Gasteiger charge is 2.09. The maximum absolute atomic E-state index is 11.5. The molecule has 0 spiro atoms. The normalized spacial score (nSPS) is 10.4. The van der Waals surface area contributed by atoms with Crippen LogP contribution in [0.15, 0.2) is 55.0 Å². The van der Waals surface area contributed by atoms with Gasteiger partial charge in [0.2, 0.25) is 5.95 Å². The minimum atomic E-state index is -0.548. The van der Waals surface area contributed by atoms with Crippen molar-refractivity contribution in [2.75, 3.05) is 18.5 Å². The lowest BCUT2D eigenvalue weighted by Crippen LogP contribution is -2.19. The molecule has 28 heavy (non-hydrogen) atoms. The lowest BCUT2D eigenvalue weighted by Gasteiger charge is -2.12. The number of hydroxylamine groups is 1. The van der Waals surface area contributed by atoms with E-state index >= 15 is 0 Å². The van der Waals surface area contributed by atoms with Crippen LogP contribution in [0.2, 0.25) is 0 Å². The Hall–Kier alpha value is -3.52. The number of hydrogen-bond acceptors (Lipinski definition) is 7. The van der Waals surface area contributed by atoms with Gasteiger partial charge in [-0.15, -0.1) is 0 Å². The first kappa shape index (κ1) is 19.2. The molecular formula is C20H21N5O3. The van der Waals surface area contributed by atoms with Crippen LogP contribution in [-0.4, -0.2) is 39.2 Å². The Morgan fingerprint density at radius 3 is 2.86 bits per heavy atom. The SMILES string of the molecule is CCc1cc(C(=O)NO)ccc1OCCNc1nccc(-c2cccnc2)n1. The second-order valence-corrected chi connectivity index (χ2v) is 5.90. The van der Waals surface area contributed by atoms with E-state index in [1.165, 1.54) is 0 Å². The van der Waals surface area contributed by atoms with Crippen molar-refractivity contribution in [2.45, 2.75) is 13.3 Å². The van der Waals surface area contributed by atoms with Crippen LogP contribution in [0.4, 0.5) is 5.95 Å². The van der Waals surface area contributed by atoms with Gasteiger partial charge in [-0.2, -0.15) is 0 Å². The summed E-state index contributed by atoms with van der Waals surface area (Å²) < 4.78 is 5.81. The van der Waals surface area contributed by atoms with Crippen molar-refractivity contribution in [3.05, 3.63) is 66.1 Å². The van der Waals surface area contributed by atoms with Gasteiger partial charge in [0.05, 0.1) is 12.2 Å². The van der Waals surface area contributed by atoms with Crippen molar-refractivity contribution >= 4 is 11.9 Å². The van der Waals surface area contributed by atoms with Crippen LogP contribution in [0, 0.1) is 0 Å². The van der Waals surface area contributed by atoms with E-state index in [1.54, 1.807) is 42.3 Å². The summed E-state index contributed by atoms with van der Waals surface area (Å²) in [5.41, 5.74) is 4.61. The molecule has 0 aliphatic carbocycles. The Morgan fingerprint density at radius 2 is 2.11 bits per heavy atom. The van der Waals surface area contributed by atoms with Crippen molar-refractivity contribution in [1.29, 1.82) is 0 Å². The largest absolute Gasteiger partial charge is 0.491 e. The van der Waals surface area contributed by atoms with E-state index in [1.807, 2.05) is 25.1 Å². The molecule has 0 saturated carbocycles. The van der Waals surface area contributed by atoms with E-state index < -0.39 is 5.91 Å². The average molecular weight is 379 g/mol. The molecule has 8 nitrogen and oxygen atoms in total. The quantitative estimate of drug-likeness (QED) is 0.314. The standard InChI is InChI=1S/C20H21N5O3/c1-2-14-12-15(19(26)25-27)5-6-18(14)28-11-10-23-20-22-9-7-17(24-20)16-4-3-8-21-13-16/h3-9,12-13,27H,2,10-11H2,1H3,(H,25,26)(H,22,23,24). The van der Waals surface area contributed by atoms with Crippen LogP contribution < -0.4 is 15.5 Å². The molecule has 1 aromatic carbocycles. The van der Waals surface area contributed by atoms with Gasteiger partial charge in [0.1, 0.15) is 12.4 Å². The number of carbonyl (C=O) groups excluding carboxylic acids is 1. The molecule has 0 radical (unpaired) electrons. The van der Waals surface area contributed by atoms with Crippen molar-refractivity contribution in [3.63, 3.8) is 0 Å². The van der Waals surface area contributed by atoms with Crippen molar-refractivity contribution in [3.8, 4) is 17.0 Å². The van der Waals surface area contributed by atoms with E-state index in [2.05, 4.69) is 20.3 Å². The number of rotatable bonds is 8. The molecule has 0 atom stereocenters. The van der Waals surface area contributed by atoms with Crippen LogP contribution in [0.3, 0.4) is 0 Å². The molecule has 0 aliphatic rings. The number of nitrogens with zero attached hydrogens (tertiary/aromatic N) is 3. The van der Waals surface area contributed by atoms with Crippen LogP contribution in [0.25, 0.3) is 11.3 Å².